The monoisotopic (exact) mass is 367 g/mol. The van der Waals surface area contributed by atoms with Crippen LogP contribution in [0.4, 0.5) is 11.4 Å². The molecule has 0 aromatic heterocycles. The van der Waals surface area contributed by atoms with Crippen LogP contribution in [0.3, 0.4) is 0 Å². The Labute approximate surface area is 144 Å². The molecule has 0 saturated carbocycles. The van der Waals surface area contributed by atoms with E-state index < -0.39 is 16.2 Å². The third kappa shape index (κ3) is 2.63. The fourth-order valence-corrected chi connectivity index (χ4v) is 5.17. The molecule has 2 aromatic carbocycles. The first-order valence-corrected chi connectivity index (χ1v) is 10.2. The standard InChI is InChI=1S/C16H14ClNO3S2/c1-23(19,20)21-12-8-9-18-11-4-2-3-5-13(11)22-14-7-6-10(17)15(12)16(14)18/h2-7,12H,8-9H2,1H3. The lowest BCUT2D eigenvalue weighted by Gasteiger charge is -2.40. The van der Waals surface area contributed by atoms with Crippen molar-refractivity contribution in [2.24, 2.45) is 0 Å². The molecule has 1 unspecified atom stereocenters. The summed E-state index contributed by atoms with van der Waals surface area (Å²) in [6.07, 6.45) is 1.11. The number of hydrogen-bond acceptors (Lipinski definition) is 5. The summed E-state index contributed by atoms with van der Waals surface area (Å²) in [6, 6.07) is 12.0. The minimum Gasteiger partial charge on any atom is -0.339 e. The molecular weight excluding hydrogens is 354 g/mol. The van der Waals surface area contributed by atoms with E-state index >= 15 is 0 Å². The number of halogens is 1. The van der Waals surface area contributed by atoms with Gasteiger partial charge in [-0.3, -0.25) is 4.18 Å². The maximum atomic E-state index is 11.6. The minimum absolute atomic E-state index is 0.533. The zero-order valence-corrected chi connectivity index (χ0v) is 14.7. The van der Waals surface area contributed by atoms with Crippen LogP contribution < -0.4 is 4.90 Å². The predicted molar refractivity (Wildman–Crippen MR) is 92.3 cm³/mol. The lowest BCUT2D eigenvalue weighted by molar-refractivity contribution is 0.202. The predicted octanol–water partition coefficient (Wildman–Crippen LogP) is 4.36. The highest BCUT2D eigenvalue weighted by Gasteiger charge is 2.36. The quantitative estimate of drug-likeness (QED) is 0.738. The van der Waals surface area contributed by atoms with Crippen LogP contribution in [0.1, 0.15) is 18.1 Å². The van der Waals surface area contributed by atoms with Gasteiger partial charge in [0.05, 0.1) is 17.6 Å². The number of nitrogens with zero attached hydrogens (tertiary/aromatic N) is 1. The molecule has 0 bridgehead atoms. The molecule has 0 saturated heterocycles. The van der Waals surface area contributed by atoms with Crippen molar-refractivity contribution in [2.45, 2.75) is 22.3 Å². The van der Waals surface area contributed by atoms with Crippen molar-refractivity contribution >= 4 is 44.9 Å². The first kappa shape index (κ1) is 15.3. The molecule has 0 radical (unpaired) electrons. The van der Waals surface area contributed by atoms with Crippen molar-refractivity contribution in [3.05, 3.63) is 47.0 Å². The van der Waals surface area contributed by atoms with Gasteiger partial charge in [-0.2, -0.15) is 8.42 Å². The Bertz CT molecular complexity index is 898. The molecule has 0 spiro atoms. The highest BCUT2D eigenvalue weighted by molar-refractivity contribution is 7.99. The molecule has 23 heavy (non-hydrogen) atoms. The second-order valence-corrected chi connectivity index (χ2v) is 8.70. The van der Waals surface area contributed by atoms with Gasteiger partial charge < -0.3 is 4.90 Å². The molecule has 0 aliphatic carbocycles. The molecular formula is C16H14ClNO3S2. The van der Waals surface area contributed by atoms with Crippen LogP contribution >= 0.6 is 23.4 Å². The smallest absolute Gasteiger partial charge is 0.264 e. The fourth-order valence-electron chi connectivity index (χ4n) is 3.17. The van der Waals surface area contributed by atoms with E-state index in [-0.39, 0.29) is 0 Å². The molecule has 0 amide bonds. The third-order valence-corrected chi connectivity index (χ3v) is 6.03. The normalized spacial score (nSPS) is 19.2. The first-order valence-electron chi connectivity index (χ1n) is 7.19. The molecule has 4 rings (SSSR count). The highest BCUT2D eigenvalue weighted by atomic mass is 35.5. The van der Waals surface area contributed by atoms with Crippen LogP contribution in [-0.2, 0) is 14.3 Å². The Morgan fingerprint density at radius 3 is 2.78 bits per heavy atom. The van der Waals surface area contributed by atoms with Crippen molar-refractivity contribution in [1.82, 2.24) is 0 Å². The summed E-state index contributed by atoms with van der Waals surface area (Å²) in [5, 5.41) is 0.544. The second-order valence-electron chi connectivity index (χ2n) is 5.61. The topological polar surface area (TPSA) is 46.6 Å². The van der Waals surface area contributed by atoms with Crippen molar-refractivity contribution in [1.29, 1.82) is 0 Å². The van der Waals surface area contributed by atoms with Gasteiger partial charge in [0.15, 0.2) is 0 Å². The molecule has 2 aliphatic rings. The van der Waals surface area contributed by atoms with E-state index in [0.717, 1.165) is 28.1 Å². The number of para-hydroxylation sites is 1. The van der Waals surface area contributed by atoms with Crippen LogP contribution in [0.5, 0.6) is 0 Å². The minimum atomic E-state index is -3.55. The van der Waals surface area contributed by atoms with E-state index in [1.807, 2.05) is 24.3 Å². The van der Waals surface area contributed by atoms with E-state index in [1.54, 1.807) is 11.8 Å². The zero-order chi connectivity index (χ0) is 16.2. The van der Waals surface area contributed by atoms with Gasteiger partial charge in [0.25, 0.3) is 10.1 Å². The molecule has 7 heteroatoms. The van der Waals surface area contributed by atoms with Crippen LogP contribution in [0.15, 0.2) is 46.2 Å². The first-order chi connectivity index (χ1) is 10.9. The van der Waals surface area contributed by atoms with Crippen LogP contribution in [0, 0.1) is 0 Å². The number of benzene rings is 2. The second kappa shape index (κ2) is 5.41. The Balaban J connectivity index is 1.89. The van der Waals surface area contributed by atoms with Crippen molar-refractivity contribution in [3.8, 4) is 0 Å². The van der Waals surface area contributed by atoms with E-state index in [1.165, 1.54) is 4.90 Å². The van der Waals surface area contributed by atoms with Gasteiger partial charge in [0.1, 0.15) is 6.10 Å². The van der Waals surface area contributed by atoms with Gasteiger partial charge in [0.2, 0.25) is 0 Å². The van der Waals surface area contributed by atoms with Gasteiger partial charge in [0, 0.05) is 26.9 Å². The molecule has 2 heterocycles. The average Bonchev–Trinajstić information content (AvgIpc) is 2.50. The Morgan fingerprint density at radius 1 is 1.22 bits per heavy atom. The maximum absolute atomic E-state index is 11.6. The Morgan fingerprint density at radius 2 is 2.00 bits per heavy atom. The highest BCUT2D eigenvalue weighted by Crippen LogP contribution is 2.55. The summed E-state index contributed by atoms with van der Waals surface area (Å²) in [7, 11) is -3.55. The number of rotatable bonds is 2. The molecule has 0 fully saturated rings. The van der Waals surface area contributed by atoms with Crippen molar-refractivity contribution in [2.75, 3.05) is 17.7 Å². The maximum Gasteiger partial charge on any atom is 0.264 e. The molecule has 2 aliphatic heterocycles. The van der Waals surface area contributed by atoms with Gasteiger partial charge in [-0.1, -0.05) is 35.5 Å². The Kier molecular flexibility index (Phi) is 3.61. The van der Waals surface area contributed by atoms with Gasteiger partial charge in [-0.25, -0.2) is 0 Å². The van der Waals surface area contributed by atoms with E-state index in [9.17, 15) is 8.42 Å². The zero-order valence-electron chi connectivity index (χ0n) is 12.3. The van der Waals surface area contributed by atoms with Crippen molar-refractivity contribution in [3.63, 3.8) is 0 Å². The summed E-state index contributed by atoms with van der Waals surface area (Å²) in [6.45, 7) is 0.693. The van der Waals surface area contributed by atoms with Crippen LogP contribution in [0.2, 0.25) is 5.02 Å². The van der Waals surface area contributed by atoms with Crippen LogP contribution in [-0.4, -0.2) is 21.2 Å². The molecule has 120 valence electrons. The lowest BCUT2D eigenvalue weighted by Crippen LogP contribution is -2.31. The summed E-state index contributed by atoms with van der Waals surface area (Å²) >= 11 is 8.07. The van der Waals surface area contributed by atoms with E-state index in [2.05, 4.69) is 17.0 Å². The van der Waals surface area contributed by atoms with Gasteiger partial charge >= 0.3 is 0 Å². The third-order valence-electron chi connectivity index (χ3n) is 4.00. The van der Waals surface area contributed by atoms with Crippen LogP contribution in [0.25, 0.3) is 0 Å². The number of hydrogen-bond donors (Lipinski definition) is 0. The number of anilines is 2. The summed E-state index contributed by atoms with van der Waals surface area (Å²) in [4.78, 5) is 4.48. The van der Waals surface area contributed by atoms with E-state index in [4.69, 9.17) is 15.8 Å². The summed E-state index contributed by atoms with van der Waals surface area (Å²) < 4.78 is 28.5. The largest absolute Gasteiger partial charge is 0.339 e. The van der Waals surface area contributed by atoms with Gasteiger partial charge in [-0.15, -0.1) is 0 Å². The summed E-state index contributed by atoms with van der Waals surface area (Å²) in [5.74, 6) is 0. The van der Waals surface area contributed by atoms with E-state index in [0.29, 0.717) is 18.0 Å². The molecule has 1 atom stereocenters. The van der Waals surface area contributed by atoms with Gasteiger partial charge in [-0.05, 0) is 30.7 Å². The Hall–Kier alpha value is -1.21. The number of fused-ring (bicyclic) bond motifs is 2. The lowest BCUT2D eigenvalue weighted by atomic mass is 9.97. The SMILES string of the molecule is CS(=O)(=O)OC1CCN2c3ccccc3Sc3ccc(Cl)c1c32. The average molecular weight is 368 g/mol. The molecule has 2 aromatic rings. The summed E-state index contributed by atoms with van der Waals surface area (Å²) in [5.41, 5.74) is 2.87. The van der Waals surface area contributed by atoms with Crippen molar-refractivity contribution < 1.29 is 12.6 Å². The molecule has 4 nitrogen and oxygen atoms in total. The molecule has 0 N–H and O–H groups in total. The fraction of sp³-hybridized carbons (Fsp3) is 0.250.